The summed E-state index contributed by atoms with van der Waals surface area (Å²) in [6.07, 6.45) is 24.1. The van der Waals surface area contributed by atoms with Crippen molar-refractivity contribution in [1.82, 2.24) is 4.57 Å². The van der Waals surface area contributed by atoms with Crippen LogP contribution in [0, 0.1) is 0 Å². The molecule has 0 bridgehead atoms. The van der Waals surface area contributed by atoms with Gasteiger partial charge in [-0.1, -0.05) is 115 Å². The van der Waals surface area contributed by atoms with E-state index in [4.69, 9.17) is 0 Å². The Bertz CT molecular complexity index is 2340. The van der Waals surface area contributed by atoms with Gasteiger partial charge in [0.2, 0.25) is 6.71 Å². The van der Waals surface area contributed by atoms with Crippen molar-refractivity contribution in [2.24, 2.45) is 0 Å². The van der Waals surface area contributed by atoms with Crippen LogP contribution in [0.3, 0.4) is 0 Å². The third kappa shape index (κ3) is 4.34. The first-order valence-corrected chi connectivity index (χ1v) is 17.6. The molecule has 232 valence electrons. The minimum Gasteiger partial charge on any atom is -0.311 e. The number of fused-ring (bicyclic) bond motifs is 5. The summed E-state index contributed by atoms with van der Waals surface area (Å²) in [4.78, 5) is 2.60. The summed E-state index contributed by atoms with van der Waals surface area (Å²) in [5.74, 6) is 0. The fraction of sp³-hybridized carbons (Fsp3) is 0.156. The summed E-state index contributed by atoms with van der Waals surface area (Å²) in [6.45, 7) is 4.63. The fourth-order valence-electron chi connectivity index (χ4n) is 8.62. The highest BCUT2D eigenvalue weighted by Crippen LogP contribution is 2.46. The molecule has 0 atom stereocenters. The smallest absolute Gasteiger partial charge is 0.247 e. The summed E-state index contributed by atoms with van der Waals surface area (Å²) in [5.41, 5.74) is 17.3. The van der Waals surface area contributed by atoms with E-state index in [-0.39, 0.29) is 6.71 Å². The fourth-order valence-corrected chi connectivity index (χ4v) is 8.62. The molecule has 0 saturated heterocycles. The first-order valence-electron chi connectivity index (χ1n) is 17.6. The molecule has 4 aromatic carbocycles. The van der Waals surface area contributed by atoms with E-state index in [1.807, 2.05) is 0 Å². The van der Waals surface area contributed by atoms with Crippen molar-refractivity contribution >= 4 is 50.8 Å². The number of allylic oxidation sites excluding steroid dienone is 12. The number of para-hydroxylation sites is 3. The molecule has 5 aromatic rings. The minimum absolute atomic E-state index is 0.120. The Labute approximate surface area is 284 Å². The standard InChI is InChI=1S/C45H39BN2/c1-3-4-26-38-45(42(33-20-10-6-11-21-33)31(2)32-18-8-5-9-19-32)47(34-22-12-7-13-23-34)40-29-17-30-41-43(40)46(38)37-27-16-25-36-35-24-14-15-28-39(35)48(41)44(36)37/h3-4,7-8,10,12-25,27-30H,5-6,9,11,26H2,1-2H3/b4-3+,42-31+. The Hall–Kier alpha value is -5.28. The van der Waals surface area contributed by atoms with Gasteiger partial charge < -0.3 is 9.47 Å². The van der Waals surface area contributed by atoms with Gasteiger partial charge in [0, 0.05) is 44.6 Å². The average Bonchev–Trinajstić information content (AvgIpc) is 3.49. The Morgan fingerprint density at radius 2 is 1.44 bits per heavy atom. The molecule has 0 radical (unpaired) electrons. The number of nitrogens with zero attached hydrogens (tertiary/aromatic N) is 2. The predicted molar refractivity (Wildman–Crippen MR) is 206 cm³/mol. The van der Waals surface area contributed by atoms with Crippen molar-refractivity contribution in [3.8, 4) is 5.69 Å². The van der Waals surface area contributed by atoms with Gasteiger partial charge in [0.25, 0.3) is 0 Å². The summed E-state index contributed by atoms with van der Waals surface area (Å²) in [5, 5.41) is 2.65. The van der Waals surface area contributed by atoms with Crippen LogP contribution in [0.1, 0.15) is 46.0 Å². The van der Waals surface area contributed by atoms with Crippen LogP contribution in [0.2, 0.25) is 0 Å². The predicted octanol–water partition coefficient (Wildman–Crippen LogP) is 10.5. The molecule has 2 aliphatic carbocycles. The van der Waals surface area contributed by atoms with Crippen LogP contribution in [0.15, 0.2) is 173 Å². The van der Waals surface area contributed by atoms with E-state index in [2.05, 4.69) is 163 Å². The van der Waals surface area contributed by atoms with Crippen molar-refractivity contribution in [2.75, 3.05) is 4.90 Å². The Balaban J connectivity index is 1.46. The second kappa shape index (κ2) is 11.8. The summed E-state index contributed by atoms with van der Waals surface area (Å²) < 4.78 is 2.54. The number of rotatable bonds is 6. The van der Waals surface area contributed by atoms with E-state index < -0.39 is 0 Å². The molecule has 0 spiro atoms. The van der Waals surface area contributed by atoms with Gasteiger partial charge in [-0.2, -0.15) is 0 Å². The highest BCUT2D eigenvalue weighted by molar-refractivity contribution is 6.95. The number of anilines is 2. The third-order valence-electron chi connectivity index (χ3n) is 10.7. The van der Waals surface area contributed by atoms with Crippen molar-refractivity contribution in [1.29, 1.82) is 0 Å². The lowest BCUT2D eigenvalue weighted by atomic mass is 9.32. The summed E-state index contributed by atoms with van der Waals surface area (Å²) in [7, 11) is 0. The summed E-state index contributed by atoms with van der Waals surface area (Å²) >= 11 is 0. The van der Waals surface area contributed by atoms with Crippen LogP contribution in [0.4, 0.5) is 11.4 Å². The van der Waals surface area contributed by atoms with E-state index in [9.17, 15) is 0 Å². The molecule has 0 unspecified atom stereocenters. The molecule has 2 aliphatic heterocycles. The average molecular weight is 619 g/mol. The Morgan fingerprint density at radius 3 is 2.21 bits per heavy atom. The van der Waals surface area contributed by atoms with Crippen molar-refractivity contribution in [2.45, 2.75) is 46.0 Å². The molecule has 0 fully saturated rings. The zero-order valence-corrected chi connectivity index (χ0v) is 27.8. The maximum absolute atomic E-state index is 2.60. The molecular weight excluding hydrogens is 579 g/mol. The maximum Gasteiger partial charge on any atom is 0.247 e. The quantitative estimate of drug-likeness (QED) is 0.136. The van der Waals surface area contributed by atoms with Crippen LogP contribution >= 0.6 is 0 Å². The minimum atomic E-state index is 0.120. The van der Waals surface area contributed by atoms with Crippen LogP contribution < -0.4 is 15.8 Å². The molecule has 2 nitrogen and oxygen atoms in total. The van der Waals surface area contributed by atoms with Gasteiger partial charge >= 0.3 is 0 Å². The molecule has 0 saturated carbocycles. The van der Waals surface area contributed by atoms with Gasteiger partial charge in [0.1, 0.15) is 0 Å². The lowest BCUT2D eigenvalue weighted by Crippen LogP contribution is -2.55. The largest absolute Gasteiger partial charge is 0.311 e. The van der Waals surface area contributed by atoms with Crippen LogP contribution in [-0.2, 0) is 0 Å². The number of aromatic nitrogens is 1. The van der Waals surface area contributed by atoms with Gasteiger partial charge in [-0.05, 0) is 104 Å². The highest BCUT2D eigenvalue weighted by atomic mass is 15.2. The molecule has 0 amide bonds. The van der Waals surface area contributed by atoms with Crippen LogP contribution in [0.25, 0.3) is 27.5 Å². The Morgan fingerprint density at radius 1 is 0.729 bits per heavy atom. The van der Waals surface area contributed by atoms with E-state index in [1.54, 1.807) is 0 Å². The number of hydrogen-bond donors (Lipinski definition) is 0. The van der Waals surface area contributed by atoms with Crippen LogP contribution in [0.5, 0.6) is 0 Å². The van der Waals surface area contributed by atoms with E-state index in [0.717, 1.165) is 32.1 Å². The maximum atomic E-state index is 2.60. The SMILES string of the molecule is C/C=C/CC1=C(/C(C2=CCCC=C2)=C(\C)C2=CCCC=C2)N(c2ccccc2)c2cccc3c2B1c1cccc2c4ccccc4n-3c12. The van der Waals surface area contributed by atoms with Crippen molar-refractivity contribution in [3.63, 3.8) is 0 Å². The molecule has 9 rings (SSSR count). The summed E-state index contributed by atoms with van der Waals surface area (Å²) in [6, 6.07) is 34.0. The molecule has 48 heavy (non-hydrogen) atoms. The van der Waals surface area contributed by atoms with Crippen molar-refractivity contribution < 1.29 is 0 Å². The van der Waals surface area contributed by atoms with Gasteiger partial charge in [-0.3, -0.25) is 0 Å². The zero-order chi connectivity index (χ0) is 32.2. The Kier molecular flexibility index (Phi) is 7.08. The highest BCUT2D eigenvalue weighted by Gasteiger charge is 2.44. The van der Waals surface area contributed by atoms with Gasteiger partial charge in [-0.25, -0.2) is 0 Å². The van der Waals surface area contributed by atoms with Gasteiger partial charge in [0.15, 0.2) is 0 Å². The molecular formula is C45H39BN2. The lowest BCUT2D eigenvalue weighted by molar-refractivity contribution is 0.998. The third-order valence-corrected chi connectivity index (χ3v) is 10.7. The van der Waals surface area contributed by atoms with Gasteiger partial charge in [-0.15, -0.1) is 0 Å². The molecule has 3 heteroatoms. The number of benzene rings is 4. The first-order chi connectivity index (χ1) is 23.8. The molecule has 4 aliphatic rings. The van der Waals surface area contributed by atoms with E-state index in [0.29, 0.717) is 0 Å². The molecule has 1 aromatic heterocycles. The van der Waals surface area contributed by atoms with Gasteiger partial charge in [0.05, 0.1) is 5.52 Å². The number of hydrogen-bond acceptors (Lipinski definition) is 1. The van der Waals surface area contributed by atoms with E-state index in [1.165, 1.54) is 83.3 Å². The normalized spacial score (nSPS) is 17.3. The molecule has 0 N–H and O–H groups in total. The molecule has 3 heterocycles. The lowest BCUT2D eigenvalue weighted by Gasteiger charge is -2.43. The van der Waals surface area contributed by atoms with Crippen molar-refractivity contribution in [3.05, 3.63) is 173 Å². The van der Waals surface area contributed by atoms with Crippen LogP contribution in [-0.4, -0.2) is 11.3 Å². The van der Waals surface area contributed by atoms with E-state index >= 15 is 0 Å². The second-order valence-electron chi connectivity index (χ2n) is 13.3. The zero-order valence-electron chi connectivity index (χ0n) is 27.8. The topological polar surface area (TPSA) is 8.17 Å². The first kappa shape index (κ1) is 28.9. The monoisotopic (exact) mass is 618 g/mol. The second-order valence-corrected chi connectivity index (χ2v) is 13.3.